The van der Waals surface area contributed by atoms with Crippen molar-refractivity contribution < 1.29 is 9.26 Å². The van der Waals surface area contributed by atoms with E-state index in [9.17, 15) is 4.79 Å². The maximum absolute atomic E-state index is 12.3. The first-order valence-corrected chi connectivity index (χ1v) is 11.3. The predicted molar refractivity (Wildman–Crippen MR) is 123 cm³/mol. The zero-order chi connectivity index (χ0) is 21.5. The molecule has 0 radical (unpaired) electrons. The SMILES string of the molecule is O=c1[nH]nc(Cc2ccc3c(N4CCNCC4)noc3c2)c2cc(OC3CCC3)ccc12. The molecule has 8 heteroatoms. The van der Waals surface area contributed by atoms with Gasteiger partial charge < -0.3 is 19.5 Å². The number of aromatic amines is 1. The van der Waals surface area contributed by atoms with Crippen molar-refractivity contribution >= 4 is 27.6 Å². The van der Waals surface area contributed by atoms with E-state index >= 15 is 0 Å². The van der Waals surface area contributed by atoms with Crippen LogP contribution < -0.4 is 20.5 Å². The number of ether oxygens (including phenoxy) is 1. The molecule has 0 unspecified atom stereocenters. The highest BCUT2D eigenvalue weighted by Crippen LogP contribution is 2.30. The van der Waals surface area contributed by atoms with Gasteiger partial charge in [-0.05, 0) is 55.2 Å². The van der Waals surface area contributed by atoms with Crippen LogP contribution in [-0.4, -0.2) is 47.6 Å². The highest BCUT2D eigenvalue weighted by molar-refractivity contribution is 5.89. The summed E-state index contributed by atoms with van der Waals surface area (Å²) in [4.78, 5) is 14.6. The number of piperazine rings is 1. The fourth-order valence-electron chi connectivity index (χ4n) is 4.46. The number of hydrogen-bond acceptors (Lipinski definition) is 7. The maximum atomic E-state index is 12.3. The number of H-pyrrole nitrogens is 1. The lowest BCUT2D eigenvalue weighted by Gasteiger charge is -2.27. The summed E-state index contributed by atoms with van der Waals surface area (Å²) in [5.41, 5.74) is 2.43. The molecule has 1 saturated heterocycles. The Morgan fingerprint density at radius 1 is 1.06 bits per heavy atom. The van der Waals surface area contributed by atoms with Crippen LogP contribution in [0.1, 0.15) is 30.5 Å². The number of hydrogen-bond donors (Lipinski definition) is 2. The Labute approximate surface area is 184 Å². The van der Waals surface area contributed by atoms with Crippen molar-refractivity contribution in [1.29, 1.82) is 0 Å². The molecule has 1 saturated carbocycles. The fourth-order valence-corrected chi connectivity index (χ4v) is 4.46. The van der Waals surface area contributed by atoms with E-state index in [-0.39, 0.29) is 11.7 Å². The minimum absolute atomic E-state index is 0.190. The third kappa shape index (κ3) is 3.50. The van der Waals surface area contributed by atoms with Crippen LogP contribution in [0, 0.1) is 0 Å². The van der Waals surface area contributed by atoms with Crippen molar-refractivity contribution in [3.8, 4) is 5.75 Å². The van der Waals surface area contributed by atoms with Gasteiger partial charge in [0.15, 0.2) is 11.4 Å². The quantitative estimate of drug-likeness (QED) is 0.501. The average molecular weight is 431 g/mol. The maximum Gasteiger partial charge on any atom is 0.272 e. The molecular weight excluding hydrogens is 406 g/mol. The first-order chi connectivity index (χ1) is 15.7. The molecule has 4 aromatic rings. The molecule has 6 rings (SSSR count). The van der Waals surface area contributed by atoms with E-state index in [1.807, 2.05) is 24.3 Å². The molecule has 164 valence electrons. The summed E-state index contributed by atoms with van der Waals surface area (Å²) in [6, 6.07) is 11.8. The monoisotopic (exact) mass is 431 g/mol. The summed E-state index contributed by atoms with van der Waals surface area (Å²) in [5.74, 6) is 1.70. The Bertz CT molecular complexity index is 1330. The summed E-state index contributed by atoms with van der Waals surface area (Å²) in [5, 5.41) is 17.1. The molecule has 8 nitrogen and oxygen atoms in total. The molecule has 2 aromatic heterocycles. The van der Waals surface area contributed by atoms with Crippen molar-refractivity contribution in [3.05, 3.63) is 58.0 Å². The molecule has 0 amide bonds. The Kier molecular flexibility index (Phi) is 4.79. The van der Waals surface area contributed by atoms with Gasteiger partial charge >= 0.3 is 0 Å². The van der Waals surface area contributed by atoms with Crippen molar-refractivity contribution in [2.75, 3.05) is 31.1 Å². The zero-order valence-corrected chi connectivity index (χ0v) is 17.8. The van der Waals surface area contributed by atoms with Gasteiger partial charge in [-0.3, -0.25) is 4.79 Å². The van der Waals surface area contributed by atoms with Gasteiger partial charge in [0, 0.05) is 38.0 Å². The number of rotatable bonds is 5. The molecule has 2 N–H and O–H groups in total. The lowest BCUT2D eigenvalue weighted by atomic mass is 9.96. The van der Waals surface area contributed by atoms with E-state index in [0.29, 0.717) is 11.8 Å². The van der Waals surface area contributed by atoms with Crippen LogP contribution in [-0.2, 0) is 6.42 Å². The molecule has 3 heterocycles. The molecular formula is C24H25N5O3. The van der Waals surface area contributed by atoms with Gasteiger partial charge in [0.05, 0.1) is 22.6 Å². The van der Waals surface area contributed by atoms with Crippen molar-refractivity contribution in [3.63, 3.8) is 0 Å². The Hall–Kier alpha value is -3.39. The van der Waals surface area contributed by atoms with Gasteiger partial charge in [-0.2, -0.15) is 5.10 Å². The van der Waals surface area contributed by atoms with E-state index in [0.717, 1.165) is 78.2 Å². The van der Waals surface area contributed by atoms with Crippen LogP contribution in [0.2, 0.25) is 0 Å². The van der Waals surface area contributed by atoms with Crippen LogP contribution in [0.5, 0.6) is 5.75 Å². The van der Waals surface area contributed by atoms with Gasteiger partial charge in [-0.15, -0.1) is 0 Å². The second-order valence-corrected chi connectivity index (χ2v) is 8.63. The van der Waals surface area contributed by atoms with Crippen molar-refractivity contribution in [1.82, 2.24) is 20.7 Å². The molecule has 0 bridgehead atoms. The largest absolute Gasteiger partial charge is 0.490 e. The number of nitrogens with zero attached hydrogens (tertiary/aromatic N) is 3. The number of aromatic nitrogens is 3. The van der Waals surface area contributed by atoms with Crippen LogP contribution in [0.4, 0.5) is 5.82 Å². The Morgan fingerprint density at radius 3 is 2.72 bits per heavy atom. The van der Waals surface area contributed by atoms with Gasteiger partial charge in [-0.25, -0.2) is 5.10 Å². The van der Waals surface area contributed by atoms with Gasteiger partial charge in [0.25, 0.3) is 5.56 Å². The lowest BCUT2D eigenvalue weighted by molar-refractivity contribution is 0.120. The summed E-state index contributed by atoms with van der Waals surface area (Å²) >= 11 is 0. The molecule has 0 atom stereocenters. The zero-order valence-electron chi connectivity index (χ0n) is 17.8. The highest BCUT2D eigenvalue weighted by Gasteiger charge is 2.20. The minimum Gasteiger partial charge on any atom is -0.490 e. The number of anilines is 1. The van der Waals surface area contributed by atoms with E-state index in [1.165, 1.54) is 6.42 Å². The third-order valence-electron chi connectivity index (χ3n) is 6.50. The van der Waals surface area contributed by atoms with Crippen LogP contribution in [0.25, 0.3) is 21.7 Å². The number of fused-ring (bicyclic) bond motifs is 2. The number of nitrogens with one attached hydrogen (secondary N) is 2. The standard InChI is InChI=1S/C24H25N5O3/c30-24-18-7-5-17(31-16-2-1-3-16)14-20(18)21(26-27-24)12-15-4-6-19-22(13-15)32-28-23(19)29-10-8-25-9-11-29/h4-7,13-14,16,25H,1-3,8-12H2,(H,27,30). The van der Waals surface area contributed by atoms with Crippen LogP contribution in [0.15, 0.2) is 45.7 Å². The van der Waals surface area contributed by atoms with E-state index < -0.39 is 0 Å². The van der Waals surface area contributed by atoms with Gasteiger partial charge in [0.2, 0.25) is 0 Å². The Balaban J connectivity index is 1.32. The lowest BCUT2D eigenvalue weighted by Crippen LogP contribution is -2.43. The predicted octanol–water partition coefficient (Wildman–Crippen LogP) is 3.00. The second kappa shape index (κ2) is 7.94. The molecule has 1 aliphatic heterocycles. The summed E-state index contributed by atoms with van der Waals surface area (Å²) in [7, 11) is 0. The summed E-state index contributed by atoms with van der Waals surface area (Å²) in [6.45, 7) is 3.73. The molecule has 1 aliphatic carbocycles. The van der Waals surface area contributed by atoms with E-state index in [4.69, 9.17) is 9.26 Å². The summed E-state index contributed by atoms with van der Waals surface area (Å²) in [6.07, 6.45) is 4.24. The smallest absolute Gasteiger partial charge is 0.272 e. The Morgan fingerprint density at radius 2 is 1.91 bits per heavy atom. The second-order valence-electron chi connectivity index (χ2n) is 8.63. The number of benzene rings is 2. The van der Waals surface area contributed by atoms with E-state index in [2.05, 4.69) is 37.7 Å². The minimum atomic E-state index is -0.190. The van der Waals surface area contributed by atoms with Crippen molar-refractivity contribution in [2.45, 2.75) is 31.8 Å². The molecule has 2 aliphatic rings. The normalized spacial score (nSPS) is 17.1. The van der Waals surface area contributed by atoms with Crippen LogP contribution >= 0.6 is 0 Å². The fraction of sp³-hybridized carbons (Fsp3) is 0.375. The summed E-state index contributed by atoms with van der Waals surface area (Å²) < 4.78 is 11.7. The molecule has 32 heavy (non-hydrogen) atoms. The van der Waals surface area contributed by atoms with E-state index in [1.54, 1.807) is 0 Å². The van der Waals surface area contributed by atoms with Crippen LogP contribution in [0.3, 0.4) is 0 Å². The molecule has 0 spiro atoms. The highest BCUT2D eigenvalue weighted by atomic mass is 16.5. The topological polar surface area (TPSA) is 96.3 Å². The first-order valence-electron chi connectivity index (χ1n) is 11.3. The molecule has 2 aromatic carbocycles. The molecule has 2 fully saturated rings. The average Bonchev–Trinajstić information content (AvgIpc) is 3.22. The van der Waals surface area contributed by atoms with Gasteiger partial charge in [-0.1, -0.05) is 11.2 Å². The third-order valence-corrected chi connectivity index (χ3v) is 6.50. The van der Waals surface area contributed by atoms with Gasteiger partial charge in [0.1, 0.15) is 5.75 Å². The van der Waals surface area contributed by atoms with Crippen molar-refractivity contribution in [2.24, 2.45) is 0 Å². The first kappa shape index (κ1) is 19.3.